The SMILES string of the molecule is COC(=O)C1=C(C)N=c2s/c(=C\c3ccc(-c4cc([N+](=O)[O-])ccc4C)o3)c(=O)n2[C@H]1c1cc(Cl)ccc1OC. The van der Waals surface area contributed by atoms with Gasteiger partial charge in [0.2, 0.25) is 0 Å². The highest BCUT2D eigenvalue weighted by atomic mass is 35.5. The number of benzene rings is 2. The summed E-state index contributed by atoms with van der Waals surface area (Å²) in [5.74, 6) is 0.589. The van der Waals surface area contributed by atoms with E-state index in [4.69, 9.17) is 25.5 Å². The number of nitro benzene ring substituents is 1. The number of carbonyl (C=O) groups excluding carboxylic acids is 1. The van der Waals surface area contributed by atoms with Crippen LogP contribution in [0.1, 0.15) is 29.9 Å². The number of aryl methyl sites for hydroxylation is 1. The van der Waals surface area contributed by atoms with Gasteiger partial charge in [-0.25, -0.2) is 9.79 Å². The first-order chi connectivity index (χ1) is 19.1. The van der Waals surface area contributed by atoms with Crippen molar-refractivity contribution < 1.29 is 23.6 Å². The number of thiazole rings is 1. The van der Waals surface area contributed by atoms with E-state index in [9.17, 15) is 19.7 Å². The Morgan fingerprint density at radius 2 is 1.95 bits per heavy atom. The minimum atomic E-state index is -0.904. The van der Waals surface area contributed by atoms with Crippen LogP contribution in [0.5, 0.6) is 5.75 Å². The quantitative estimate of drug-likeness (QED) is 0.186. The van der Waals surface area contributed by atoms with Gasteiger partial charge >= 0.3 is 5.97 Å². The number of hydrogen-bond donors (Lipinski definition) is 0. The molecule has 3 heterocycles. The molecule has 1 atom stereocenters. The van der Waals surface area contributed by atoms with Gasteiger partial charge in [0, 0.05) is 34.4 Å². The molecule has 0 aliphatic carbocycles. The maximum absolute atomic E-state index is 13.8. The summed E-state index contributed by atoms with van der Waals surface area (Å²) in [6.45, 7) is 3.50. The topological polar surface area (TPSA) is 126 Å². The molecule has 0 amide bonds. The molecule has 0 unspecified atom stereocenters. The number of aromatic nitrogens is 1. The average molecular weight is 580 g/mol. The molecule has 204 valence electrons. The average Bonchev–Trinajstić information content (AvgIpc) is 3.51. The number of hydrogen-bond acceptors (Lipinski definition) is 9. The number of non-ortho nitro benzene ring substituents is 1. The van der Waals surface area contributed by atoms with Crippen molar-refractivity contribution in [3.8, 4) is 17.1 Å². The molecule has 0 N–H and O–H groups in total. The number of methoxy groups -OCH3 is 2. The van der Waals surface area contributed by atoms with Crippen LogP contribution in [0.25, 0.3) is 17.4 Å². The maximum Gasteiger partial charge on any atom is 0.338 e. The molecule has 2 aromatic heterocycles. The zero-order valence-electron chi connectivity index (χ0n) is 21.8. The predicted octanol–water partition coefficient (Wildman–Crippen LogP) is 4.55. The minimum absolute atomic E-state index is 0.0555. The van der Waals surface area contributed by atoms with Crippen LogP contribution in [0.4, 0.5) is 5.69 Å². The fourth-order valence-electron chi connectivity index (χ4n) is 4.60. The Hall–Kier alpha value is -4.48. The number of nitro groups is 1. The van der Waals surface area contributed by atoms with Gasteiger partial charge in [-0.3, -0.25) is 19.5 Å². The molecule has 0 saturated carbocycles. The van der Waals surface area contributed by atoms with Gasteiger partial charge < -0.3 is 13.9 Å². The molecule has 0 bridgehead atoms. The van der Waals surface area contributed by atoms with Gasteiger partial charge in [-0.2, -0.15) is 0 Å². The van der Waals surface area contributed by atoms with E-state index in [1.54, 1.807) is 49.4 Å². The smallest absolute Gasteiger partial charge is 0.338 e. The third kappa shape index (κ3) is 4.74. The maximum atomic E-state index is 13.8. The molecular weight excluding hydrogens is 558 g/mol. The molecule has 5 rings (SSSR count). The lowest BCUT2D eigenvalue weighted by molar-refractivity contribution is -0.384. The molecule has 2 aromatic carbocycles. The number of rotatable bonds is 6. The highest BCUT2D eigenvalue weighted by Crippen LogP contribution is 2.37. The molecule has 0 spiro atoms. The van der Waals surface area contributed by atoms with E-state index in [0.717, 1.165) is 16.9 Å². The summed E-state index contributed by atoms with van der Waals surface area (Å²) in [7, 11) is 2.75. The number of carbonyl (C=O) groups is 1. The Kier molecular flexibility index (Phi) is 7.17. The molecule has 0 radical (unpaired) electrons. The molecule has 12 heteroatoms. The van der Waals surface area contributed by atoms with E-state index >= 15 is 0 Å². The number of nitrogens with zero attached hydrogens (tertiary/aromatic N) is 3. The number of esters is 1. The van der Waals surface area contributed by atoms with E-state index in [2.05, 4.69) is 4.99 Å². The Morgan fingerprint density at radius 1 is 1.18 bits per heavy atom. The lowest BCUT2D eigenvalue weighted by Gasteiger charge is -2.25. The van der Waals surface area contributed by atoms with E-state index in [-0.39, 0.29) is 11.3 Å². The van der Waals surface area contributed by atoms with Gasteiger partial charge in [0.05, 0.1) is 34.9 Å². The monoisotopic (exact) mass is 579 g/mol. The standard InChI is InChI=1S/C28H22ClN3O7S/c1-14-5-7-17(32(35)36)12-19(14)22-10-8-18(39-22)13-23-26(33)31-25(20-11-16(29)6-9-21(20)37-3)24(27(34)38-4)15(2)30-28(31)40-23/h5-13,25H,1-4H3/b23-13-/t25-/m0/s1. The van der Waals surface area contributed by atoms with Gasteiger partial charge in [-0.1, -0.05) is 29.0 Å². The third-order valence-electron chi connectivity index (χ3n) is 6.51. The van der Waals surface area contributed by atoms with Gasteiger partial charge in [0.1, 0.15) is 23.3 Å². The van der Waals surface area contributed by atoms with Crippen molar-refractivity contribution in [2.45, 2.75) is 19.9 Å². The summed E-state index contributed by atoms with van der Waals surface area (Å²) >= 11 is 7.44. The number of ether oxygens (including phenoxy) is 2. The Morgan fingerprint density at radius 3 is 2.65 bits per heavy atom. The Balaban J connectivity index is 1.67. The van der Waals surface area contributed by atoms with Crippen molar-refractivity contribution in [3.63, 3.8) is 0 Å². The normalized spacial score (nSPS) is 15.0. The van der Waals surface area contributed by atoms with Gasteiger partial charge in [0.25, 0.3) is 11.2 Å². The first kappa shape index (κ1) is 27.1. The summed E-state index contributed by atoms with van der Waals surface area (Å²) < 4.78 is 18.3. The summed E-state index contributed by atoms with van der Waals surface area (Å²) in [6, 6.07) is 11.9. The lowest BCUT2D eigenvalue weighted by Crippen LogP contribution is -2.40. The van der Waals surface area contributed by atoms with Gasteiger partial charge in [0.15, 0.2) is 4.80 Å². The molecule has 4 aromatic rings. The number of fused-ring (bicyclic) bond motifs is 1. The molecule has 0 fully saturated rings. The van der Waals surface area contributed by atoms with Crippen molar-refractivity contribution >= 4 is 40.7 Å². The van der Waals surface area contributed by atoms with Crippen molar-refractivity contribution in [1.29, 1.82) is 0 Å². The molecule has 1 aliphatic heterocycles. The lowest BCUT2D eigenvalue weighted by atomic mass is 9.95. The van der Waals surface area contributed by atoms with E-state index in [0.29, 0.717) is 48.5 Å². The van der Waals surface area contributed by atoms with Crippen LogP contribution >= 0.6 is 22.9 Å². The second kappa shape index (κ2) is 10.6. The van der Waals surface area contributed by atoms with Crippen LogP contribution in [-0.2, 0) is 9.53 Å². The van der Waals surface area contributed by atoms with Crippen molar-refractivity contribution in [1.82, 2.24) is 4.57 Å². The van der Waals surface area contributed by atoms with Crippen molar-refractivity contribution in [3.05, 3.63) is 112 Å². The minimum Gasteiger partial charge on any atom is -0.496 e. The van der Waals surface area contributed by atoms with Crippen molar-refractivity contribution in [2.75, 3.05) is 14.2 Å². The molecule has 40 heavy (non-hydrogen) atoms. The summed E-state index contributed by atoms with van der Waals surface area (Å²) in [5, 5.41) is 11.6. The van der Waals surface area contributed by atoms with Crippen LogP contribution < -0.4 is 19.6 Å². The first-order valence-corrected chi connectivity index (χ1v) is 13.1. The largest absolute Gasteiger partial charge is 0.496 e. The number of halogens is 1. The summed E-state index contributed by atoms with van der Waals surface area (Å²) in [5.41, 5.74) is 1.98. The molecule has 0 saturated heterocycles. The van der Waals surface area contributed by atoms with Crippen LogP contribution in [0, 0.1) is 17.0 Å². The first-order valence-electron chi connectivity index (χ1n) is 11.9. The third-order valence-corrected chi connectivity index (χ3v) is 7.73. The van der Waals surface area contributed by atoms with E-state index in [1.165, 1.54) is 30.9 Å². The van der Waals surface area contributed by atoms with Crippen LogP contribution in [0.2, 0.25) is 5.02 Å². The molecule has 10 nitrogen and oxygen atoms in total. The second-order valence-electron chi connectivity index (χ2n) is 8.92. The zero-order valence-corrected chi connectivity index (χ0v) is 23.3. The van der Waals surface area contributed by atoms with Crippen LogP contribution in [0.3, 0.4) is 0 Å². The summed E-state index contributed by atoms with van der Waals surface area (Å²) in [6.07, 6.45) is 1.57. The van der Waals surface area contributed by atoms with Gasteiger partial charge in [-0.15, -0.1) is 0 Å². The van der Waals surface area contributed by atoms with E-state index in [1.807, 2.05) is 6.92 Å². The second-order valence-corrected chi connectivity index (χ2v) is 10.4. The van der Waals surface area contributed by atoms with E-state index < -0.39 is 22.5 Å². The highest BCUT2D eigenvalue weighted by Gasteiger charge is 2.35. The van der Waals surface area contributed by atoms with Crippen LogP contribution in [0.15, 0.2) is 74.0 Å². The number of allylic oxidation sites excluding steroid dienone is 1. The number of furan rings is 1. The summed E-state index contributed by atoms with van der Waals surface area (Å²) in [4.78, 5) is 42.4. The van der Waals surface area contributed by atoms with Crippen LogP contribution in [-0.4, -0.2) is 29.7 Å². The molecule has 1 aliphatic rings. The molecular formula is C28H22ClN3O7S. The predicted molar refractivity (Wildman–Crippen MR) is 149 cm³/mol. The Bertz CT molecular complexity index is 1900. The fourth-order valence-corrected chi connectivity index (χ4v) is 5.81. The zero-order chi connectivity index (χ0) is 28.7. The Labute approximate surface area is 236 Å². The fraction of sp³-hybridized carbons (Fsp3) is 0.179. The van der Waals surface area contributed by atoms with Gasteiger partial charge in [-0.05, 0) is 49.7 Å². The highest BCUT2D eigenvalue weighted by molar-refractivity contribution is 7.07. The van der Waals surface area contributed by atoms with Crippen molar-refractivity contribution in [2.24, 2.45) is 4.99 Å².